The molecule has 9 nitrogen and oxygen atoms in total. The molecule has 42 heavy (non-hydrogen) atoms. The summed E-state index contributed by atoms with van der Waals surface area (Å²) in [5.74, 6) is -0.487. The number of halogens is 2. The van der Waals surface area contributed by atoms with E-state index in [0.29, 0.717) is 31.8 Å². The monoisotopic (exact) mass is 596 g/mol. The van der Waals surface area contributed by atoms with Crippen molar-refractivity contribution in [2.45, 2.75) is 52.2 Å². The van der Waals surface area contributed by atoms with Crippen LogP contribution >= 0.6 is 11.3 Å². The van der Waals surface area contributed by atoms with Crippen LogP contribution in [0.1, 0.15) is 53.2 Å². The zero-order valence-electron chi connectivity index (χ0n) is 23.7. The second-order valence-electron chi connectivity index (χ2n) is 10.9. The largest absolute Gasteiger partial charge is 0.379 e. The average Bonchev–Trinajstić information content (AvgIpc) is 3.71. The minimum Gasteiger partial charge on any atom is -0.379 e. The van der Waals surface area contributed by atoms with Crippen molar-refractivity contribution in [2.75, 3.05) is 38.2 Å². The lowest BCUT2D eigenvalue weighted by molar-refractivity contribution is -0.127. The third-order valence-electron chi connectivity index (χ3n) is 7.50. The maximum Gasteiger partial charge on any atom is 0.272 e. The van der Waals surface area contributed by atoms with Gasteiger partial charge in [-0.05, 0) is 48.6 Å². The second-order valence-corrected chi connectivity index (χ2v) is 12.1. The molecule has 3 aromatic rings. The van der Waals surface area contributed by atoms with Gasteiger partial charge in [-0.1, -0.05) is 26.0 Å². The quantitative estimate of drug-likeness (QED) is 0.269. The molecule has 0 saturated carbocycles. The van der Waals surface area contributed by atoms with Gasteiger partial charge in [-0.3, -0.25) is 19.8 Å². The molecule has 12 heteroatoms. The predicted octanol–water partition coefficient (Wildman–Crippen LogP) is 5.22. The number of hydrogen-bond donors (Lipinski definition) is 1. The number of morpholine rings is 1. The minimum atomic E-state index is -2.65. The van der Waals surface area contributed by atoms with Crippen molar-refractivity contribution in [1.82, 2.24) is 19.4 Å². The van der Waals surface area contributed by atoms with Crippen LogP contribution in [0.4, 0.5) is 14.7 Å². The first-order chi connectivity index (χ1) is 20.2. The molecule has 4 heterocycles. The van der Waals surface area contributed by atoms with Crippen molar-refractivity contribution in [2.24, 2.45) is 5.92 Å². The van der Waals surface area contributed by atoms with Gasteiger partial charge < -0.3 is 14.2 Å². The highest BCUT2D eigenvalue weighted by Gasteiger charge is 2.32. The average molecular weight is 597 g/mol. The Labute approximate surface area is 247 Å². The summed E-state index contributed by atoms with van der Waals surface area (Å²) in [7, 11) is 0. The van der Waals surface area contributed by atoms with E-state index >= 15 is 0 Å². The number of likely N-dealkylation sites (tertiary alicyclic amines) is 1. The van der Waals surface area contributed by atoms with Crippen LogP contribution in [0.3, 0.4) is 0 Å². The molecule has 1 N–H and O–H groups in total. The summed E-state index contributed by atoms with van der Waals surface area (Å²) in [6.07, 6.45) is 0.554. The molecule has 2 aliphatic rings. The summed E-state index contributed by atoms with van der Waals surface area (Å²) in [5, 5.41) is 12.5. The molecule has 0 spiro atoms. The number of nitriles is 1. The third-order valence-corrected chi connectivity index (χ3v) is 8.59. The number of fused-ring (bicyclic) bond motifs is 1. The number of hydrogen-bond acceptors (Lipinski definition) is 7. The number of allylic oxidation sites excluding steroid dienone is 1. The molecule has 1 atom stereocenters. The fourth-order valence-electron chi connectivity index (χ4n) is 5.47. The number of aromatic nitrogens is 2. The Morgan fingerprint density at radius 3 is 2.69 bits per heavy atom. The maximum atomic E-state index is 13.3. The Bertz CT molecular complexity index is 1520. The predicted molar refractivity (Wildman–Crippen MR) is 156 cm³/mol. The topological polar surface area (TPSA) is 103 Å². The van der Waals surface area contributed by atoms with Crippen LogP contribution in [0.2, 0.25) is 0 Å². The lowest BCUT2D eigenvalue weighted by atomic mass is 10.1. The van der Waals surface area contributed by atoms with E-state index in [-0.39, 0.29) is 39.1 Å². The molecule has 2 aromatic heterocycles. The zero-order valence-corrected chi connectivity index (χ0v) is 24.5. The van der Waals surface area contributed by atoms with Gasteiger partial charge in [0, 0.05) is 32.7 Å². The summed E-state index contributed by atoms with van der Waals surface area (Å²) in [6.45, 7) is 8.54. The first-order valence-corrected chi connectivity index (χ1v) is 15.0. The molecule has 2 amide bonds. The molecule has 1 aromatic carbocycles. The Kier molecular flexibility index (Phi) is 9.30. The van der Waals surface area contributed by atoms with Crippen LogP contribution in [-0.4, -0.2) is 70.1 Å². The number of alkyl halides is 2. The zero-order chi connectivity index (χ0) is 29.8. The van der Waals surface area contributed by atoms with Crippen molar-refractivity contribution in [1.29, 1.82) is 5.26 Å². The molecule has 2 saturated heterocycles. The Morgan fingerprint density at radius 1 is 1.21 bits per heavy atom. The number of anilines is 1. The SMILES string of the molecule is CC(C)C=C(C#N)C(=O)N1CCC[C@@H]1Cn1c(NC(=O)c2ccc(C(F)F)s2)nc2cc(CN3CCOCC3)ccc21. The lowest BCUT2D eigenvalue weighted by Crippen LogP contribution is -2.39. The van der Waals surface area contributed by atoms with Crippen LogP contribution in [0.5, 0.6) is 0 Å². The number of benzene rings is 1. The molecule has 0 aliphatic carbocycles. The Morgan fingerprint density at radius 2 is 2.00 bits per heavy atom. The fourth-order valence-corrected chi connectivity index (χ4v) is 6.23. The van der Waals surface area contributed by atoms with Crippen molar-refractivity contribution in [3.8, 4) is 6.07 Å². The van der Waals surface area contributed by atoms with E-state index in [1.165, 1.54) is 12.1 Å². The van der Waals surface area contributed by atoms with Crippen LogP contribution in [0.15, 0.2) is 42.0 Å². The molecule has 5 rings (SSSR count). The molecular weight excluding hydrogens is 562 g/mol. The highest BCUT2D eigenvalue weighted by atomic mass is 32.1. The smallest absolute Gasteiger partial charge is 0.272 e. The summed E-state index contributed by atoms with van der Waals surface area (Å²) in [4.78, 5) is 35.2. The highest BCUT2D eigenvalue weighted by molar-refractivity contribution is 7.14. The van der Waals surface area contributed by atoms with E-state index in [2.05, 4.69) is 16.3 Å². The number of carbonyl (C=O) groups excluding carboxylic acids is 2. The molecule has 2 fully saturated rings. The maximum absolute atomic E-state index is 13.3. The van der Waals surface area contributed by atoms with Gasteiger partial charge in [0.05, 0.1) is 40.0 Å². The molecule has 0 unspecified atom stereocenters. The third kappa shape index (κ3) is 6.69. The van der Waals surface area contributed by atoms with Crippen molar-refractivity contribution in [3.05, 3.63) is 57.3 Å². The Balaban J connectivity index is 1.45. The standard InChI is InChI=1S/C30H34F2N6O3S/c1-19(2)14-21(16-33)29(40)37-9-3-4-22(37)18-38-24-6-5-20(17-36-10-12-41-13-11-36)15-23(24)34-30(38)35-28(39)26-8-7-25(42-26)27(31)32/h5-8,14-15,19,22,27H,3-4,9-13,17-18H2,1-2H3,(H,34,35,39)/t22-/m1/s1. The minimum absolute atomic E-state index is 0.0542. The van der Waals surface area contributed by atoms with Crippen LogP contribution in [-0.2, 0) is 22.6 Å². The van der Waals surface area contributed by atoms with Gasteiger partial charge in [0.15, 0.2) is 0 Å². The van der Waals surface area contributed by atoms with E-state index in [4.69, 9.17) is 9.72 Å². The van der Waals surface area contributed by atoms with Crippen molar-refractivity contribution in [3.63, 3.8) is 0 Å². The number of nitrogens with one attached hydrogen (secondary N) is 1. The number of amides is 2. The summed E-state index contributed by atoms with van der Waals surface area (Å²) in [5.41, 5.74) is 2.67. The first-order valence-electron chi connectivity index (χ1n) is 14.1. The number of nitrogens with zero attached hydrogens (tertiary/aromatic N) is 5. The van der Waals surface area contributed by atoms with Crippen LogP contribution in [0, 0.1) is 17.2 Å². The van der Waals surface area contributed by atoms with Crippen molar-refractivity contribution < 1.29 is 23.1 Å². The number of imidazole rings is 1. The second kappa shape index (κ2) is 13.1. The molecule has 0 bridgehead atoms. The Hall–Kier alpha value is -3.66. The molecule has 2 aliphatic heterocycles. The van der Waals surface area contributed by atoms with Crippen LogP contribution < -0.4 is 5.32 Å². The van der Waals surface area contributed by atoms with Gasteiger partial charge in [0.2, 0.25) is 5.95 Å². The normalized spacial score (nSPS) is 18.3. The van der Waals surface area contributed by atoms with Gasteiger partial charge >= 0.3 is 0 Å². The summed E-state index contributed by atoms with van der Waals surface area (Å²) < 4.78 is 33.6. The van der Waals surface area contributed by atoms with Crippen LogP contribution in [0.25, 0.3) is 11.0 Å². The summed E-state index contributed by atoms with van der Waals surface area (Å²) >= 11 is 0.746. The first kappa shape index (κ1) is 29.8. The number of thiophene rings is 1. The fraction of sp³-hybridized carbons (Fsp3) is 0.467. The number of rotatable bonds is 9. The van der Waals surface area contributed by atoms with Gasteiger partial charge in [0.1, 0.15) is 11.6 Å². The van der Waals surface area contributed by atoms with E-state index in [1.807, 2.05) is 36.6 Å². The summed E-state index contributed by atoms with van der Waals surface area (Å²) in [6, 6.07) is 10.5. The van der Waals surface area contributed by atoms with Gasteiger partial charge in [-0.15, -0.1) is 11.3 Å². The molecule has 222 valence electrons. The highest BCUT2D eigenvalue weighted by Crippen LogP contribution is 2.30. The van der Waals surface area contributed by atoms with E-state index < -0.39 is 12.3 Å². The van der Waals surface area contributed by atoms with Gasteiger partial charge in [0.25, 0.3) is 18.2 Å². The number of carbonyl (C=O) groups is 2. The number of ether oxygens (including phenoxy) is 1. The molecular formula is C30H34F2N6O3S. The van der Waals surface area contributed by atoms with Gasteiger partial charge in [-0.25, -0.2) is 13.8 Å². The molecule has 0 radical (unpaired) electrons. The van der Waals surface area contributed by atoms with Gasteiger partial charge in [-0.2, -0.15) is 5.26 Å². The van der Waals surface area contributed by atoms with E-state index in [1.54, 1.807) is 11.0 Å². The van der Waals surface area contributed by atoms with Crippen molar-refractivity contribution >= 4 is 40.1 Å². The van der Waals surface area contributed by atoms with E-state index in [0.717, 1.165) is 54.9 Å². The lowest BCUT2D eigenvalue weighted by Gasteiger charge is -2.26. The van der Waals surface area contributed by atoms with E-state index in [9.17, 15) is 23.6 Å².